The first-order valence-electron chi connectivity index (χ1n) is 9.04. The molecule has 2 N–H and O–H groups in total. The molecule has 0 aliphatic carbocycles. The second-order valence-electron chi connectivity index (χ2n) is 7.10. The number of carbonyl (C=O) groups excluding carboxylic acids is 1. The number of anilines is 1. The molecule has 6 heteroatoms. The molecule has 1 amide bonds. The minimum Gasteiger partial charge on any atom is -0.375 e. The number of rotatable bonds is 6. The Morgan fingerprint density at radius 1 is 1.16 bits per heavy atom. The van der Waals surface area contributed by atoms with Gasteiger partial charge in [-0.15, -0.1) is 24.8 Å². The Morgan fingerprint density at radius 3 is 2.32 bits per heavy atom. The van der Waals surface area contributed by atoms with Crippen LogP contribution in [0.1, 0.15) is 55.8 Å². The summed E-state index contributed by atoms with van der Waals surface area (Å²) >= 11 is 0. The number of carbonyl (C=O) groups is 1. The number of piperidine rings is 1. The number of amides is 1. The van der Waals surface area contributed by atoms with Crippen molar-refractivity contribution in [3.63, 3.8) is 0 Å². The summed E-state index contributed by atoms with van der Waals surface area (Å²) in [5.41, 5.74) is 1.94. The molecule has 3 rings (SSSR count). The van der Waals surface area contributed by atoms with Gasteiger partial charge in [-0.1, -0.05) is 13.3 Å². The summed E-state index contributed by atoms with van der Waals surface area (Å²) in [6, 6.07) is 9.54. The lowest BCUT2D eigenvalue weighted by molar-refractivity contribution is 0.0924. The van der Waals surface area contributed by atoms with Crippen LogP contribution in [-0.4, -0.2) is 37.6 Å². The number of hydrogen-bond donors (Lipinski definition) is 2. The van der Waals surface area contributed by atoms with Crippen molar-refractivity contribution in [3.8, 4) is 0 Å². The molecule has 2 atom stereocenters. The molecule has 2 saturated heterocycles. The predicted octanol–water partition coefficient (Wildman–Crippen LogP) is 3.78. The van der Waals surface area contributed by atoms with E-state index in [0.717, 1.165) is 24.9 Å². The average molecular weight is 388 g/mol. The molecule has 2 fully saturated rings. The number of benzene rings is 1. The molecule has 0 radical (unpaired) electrons. The second-order valence-corrected chi connectivity index (χ2v) is 7.10. The van der Waals surface area contributed by atoms with Crippen molar-refractivity contribution >= 4 is 36.4 Å². The van der Waals surface area contributed by atoms with Crippen LogP contribution in [0.4, 0.5) is 5.69 Å². The fourth-order valence-corrected chi connectivity index (χ4v) is 3.84. The second kappa shape index (κ2) is 10.2. The third kappa shape index (κ3) is 5.77. The maximum atomic E-state index is 12.5. The van der Waals surface area contributed by atoms with E-state index < -0.39 is 0 Å². The summed E-state index contributed by atoms with van der Waals surface area (Å²) in [7, 11) is 2.11. The monoisotopic (exact) mass is 387 g/mol. The lowest BCUT2D eigenvalue weighted by Gasteiger charge is -2.29. The van der Waals surface area contributed by atoms with Crippen LogP contribution < -0.4 is 15.5 Å². The third-order valence-corrected chi connectivity index (χ3v) is 5.23. The normalized spacial score (nSPS) is 24.0. The fraction of sp³-hybridized carbons (Fsp3) is 0.632. The summed E-state index contributed by atoms with van der Waals surface area (Å²) < 4.78 is 0. The number of nitrogens with zero attached hydrogens (tertiary/aromatic N) is 1. The van der Waals surface area contributed by atoms with Crippen LogP contribution in [-0.2, 0) is 0 Å². The van der Waals surface area contributed by atoms with Crippen LogP contribution in [0.15, 0.2) is 24.3 Å². The van der Waals surface area contributed by atoms with Crippen molar-refractivity contribution < 1.29 is 4.79 Å². The van der Waals surface area contributed by atoms with Gasteiger partial charge in [0.1, 0.15) is 0 Å². The van der Waals surface area contributed by atoms with Crippen LogP contribution in [0.3, 0.4) is 0 Å². The molecule has 2 unspecified atom stereocenters. The van der Waals surface area contributed by atoms with Crippen molar-refractivity contribution in [1.29, 1.82) is 0 Å². The van der Waals surface area contributed by atoms with Crippen LogP contribution in [0.25, 0.3) is 0 Å². The maximum absolute atomic E-state index is 12.5. The highest BCUT2D eigenvalue weighted by Crippen LogP contribution is 2.27. The van der Waals surface area contributed by atoms with E-state index >= 15 is 0 Å². The molecule has 25 heavy (non-hydrogen) atoms. The first-order valence-corrected chi connectivity index (χ1v) is 9.04. The molecule has 4 nitrogen and oxygen atoms in total. The van der Waals surface area contributed by atoms with E-state index in [1.54, 1.807) is 0 Å². The van der Waals surface area contributed by atoms with Crippen LogP contribution in [0.5, 0.6) is 0 Å². The van der Waals surface area contributed by atoms with Gasteiger partial charge in [-0.05, 0) is 56.4 Å². The molecule has 0 aromatic heterocycles. The first-order chi connectivity index (χ1) is 11.2. The predicted molar refractivity (Wildman–Crippen MR) is 110 cm³/mol. The molecule has 1 aromatic carbocycles. The molecular weight excluding hydrogens is 357 g/mol. The van der Waals surface area contributed by atoms with Gasteiger partial charge in [0, 0.05) is 43.0 Å². The molecule has 2 aliphatic heterocycles. The highest BCUT2D eigenvalue weighted by Gasteiger charge is 2.34. The van der Waals surface area contributed by atoms with Gasteiger partial charge < -0.3 is 15.5 Å². The fourth-order valence-electron chi connectivity index (χ4n) is 3.84. The van der Waals surface area contributed by atoms with Gasteiger partial charge >= 0.3 is 0 Å². The largest absolute Gasteiger partial charge is 0.375 e. The van der Waals surface area contributed by atoms with Gasteiger partial charge in [0.05, 0.1) is 0 Å². The van der Waals surface area contributed by atoms with Gasteiger partial charge in [0.15, 0.2) is 0 Å². The van der Waals surface area contributed by atoms with Gasteiger partial charge in [0.25, 0.3) is 5.91 Å². The number of hydrogen-bond acceptors (Lipinski definition) is 3. The van der Waals surface area contributed by atoms with Gasteiger partial charge in [-0.2, -0.15) is 0 Å². The Labute approximate surface area is 163 Å². The standard InChI is InChI=1S/C19H29N3O.2ClH/c1-3-4-11-22(2)18-9-5-14(6-10-18)19(23)21-17-12-15-7-8-16(13-17)20-15;;/h5-6,9-10,15-17,20H,3-4,7-8,11-13H2,1-2H3,(H,21,23);2*1H. The van der Waals surface area contributed by atoms with Crippen molar-refractivity contribution in [1.82, 2.24) is 10.6 Å². The molecule has 142 valence electrons. The molecule has 0 saturated carbocycles. The minimum absolute atomic E-state index is 0. The van der Waals surface area contributed by atoms with Crippen LogP contribution in [0.2, 0.25) is 0 Å². The van der Waals surface area contributed by atoms with E-state index in [1.165, 1.54) is 31.4 Å². The average Bonchev–Trinajstić information content (AvgIpc) is 2.91. The van der Waals surface area contributed by atoms with Crippen LogP contribution in [0, 0.1) is 0 Å². The number of nitrogens with one attached hydrogen (secondary N) is 2. The Morgan fingerprint density at radius 2 is 1.76 bits per heavy atom. The molecule has 1 aromatic rings. The van der Waals surface area contributed by atoms with Crippen molar-refractivity contribution in [3.05, 3.63) is 29.8 Å². The number of halogens is 2. The summed E-state index contributed by atoms with van der Waals surface area (Å²) in [5, 5.41) is 6.84. The summed E-state index contributed by atoms with van der Waals surface area (Å²) in [5.74, 6) is 0.0686. The highest BCUT2D eigenvalue weighted by atomic mass is 35.5. The molecular formula is C19H31Cl2N3O. The number of fused-ring (bicyclic) bond motifs is 2. The Balaban J connectivity index is 0.00000156. The zero-order valence-corrected chi connectivity index (χ0v) is 16.8. The summed E-state index contributed by atoms with van der Waals surface area (Å²) in [6.07, 6.45) is 7.05. The van der Waals surface area contributed by atoms with E-state index in [-0.39, 0.29) is 30.7 Å². The van der Waals surface area contributed by atoms with Gasteiger partial charge in [0.2, 0.25) is 0 Å². The van der Waals surface area contributed by atoms with E-state index in [1.807, 2.05) is 12.1 Å². The Kier molecular flexibility index (Phi) is 9.04. The van der Waals surface area contributed by atoms with Crippen molar-refractivity contribution in [2.24, 2.45) is 0 Å². The minimum atomic E-state index is 0. The quantitative estimate of drug-likeness (QED) is 0.780. The lowest BCUT2D eigenvalue weighted by Crippen LogP contribution is -2.48. The van der Waals surface area contributed by atoms with Gasteiger partial charge in [-0.25, -0.2) is 0 Å². The van der Waals surface area contributed by atoms with Gasteiger partial charge in [-0.3, -0.25) is 4.79 Å². The van der Waals surface area contributed by atoms with E-state index in [9.17, 15) is 4.79 Å². The van der Waals surface area contributed by atoms with Crippen LogP contribution >= 0.6 is 24.8 Å². The first kappa shape index (κ1) is 22.1. The van der Waals surface area contributed by atoms with Crippen molar-refractivity contribution in [2.45, 2.75) is 63.6 Å². The highest BCUT2D eigenvalue weighted by molar-refractivity contribution is 5.94. The number of unbranched alkanes of at least 4 members (excludes halogenated alkanes) is 1. The maximum Gasteiger partial charge on any atom is 0.251 e. The SMILES string of the molecule is CCCCN(C)c1ccc(C(=O)NC2CC3CCC(C2)N3)cc1.Cl.Cl. The zero-order chi connectivity index (χ0) is 16.2. The third-order valence-electron chi connectivity index (χ3n) is 5.23. The molecule has 2 heterocycles. The zero-order valence-electron chi connectivity index (χ0n) is 15.2. The Hall–Kier alpha value is -0.970. The summed E-state index contributed by atoms with van der Waals surface area (Å²) in [6.45, 7) is 3.26. The van der Waals surface area contributed by atoms with E-state index in [0.29, 0.717) is 18.1 Å². The Bertz CT molecular complexity index is 526. The summed E-state index contributed by atoms with van der Waals surface area (Å²) in [4.78, 5) is 14.7. The smallest absolute Gasteiger partial charge is 0.251 e. The molecule has 0 spiro atoms. The van der Waals surface area contributed by atoms with E-state index in [4.69, 9.17) is 0 Å². The molecule has 2 aliphatic rings. The van der Waals surface area contributed by atoms with Crippen molar-refractivity contribution in [2.75, 3.05) is 18.5 Å². The topological polar surface area (TPSA) is 44.4 Å². The van der Waals surface area contributed by atoms with E-state index in [2.05, 4.69) is 41.6 Å². The molecule has 2 bridgehead atoms. The lowest BCUT2D eigenvalue weighted by atomic mass is 9.99.